The Balaban J connectivity index is 2.44. The molecule has 0 aliphatic rings. The predicted molar refractivity (Wildman–Crippen MR) is 64.6 cm³/mol. The molecule has 1 unspecified atom stereocenters. The Hall–Kier alpha value is -1.62. The molecule has 0 amide bonds. The highest BCUT2D eigenvalue weighted by molar-refractivity contribution is 5.26. The van der Waals surface area contributed by atoms with Crippen LogP contribution in [0.1, 0.15) is 48.6 Å². The van der Waals surface area contributed by atoms with Gasteiger partial charge >= 0.3 is 0 Å². The van der Waals surface area contributed by atoms with Crippen LogP contribution in [0.4, 0.5) is 0 Å². The highest BCUT2D eigenvalue weighted by Crippen LogP contribution is 2.27. The van der Waals surface area contributed by atoms with Crippen LogP contribution in [0.2, 0.25) is 0 Å². The Morgan fingerprint density at radius 3 is 2.59 bits per heavy atom. The summed E-state index contributed by atoms with van der Waals surface area (Å²) < 4.78 is 7.27. The number of nitrogens with zero attached hydrogens (tertiary/aromatic N) is 3. The van der Waals surface area contributed by atoms with E-state index < -0.39 is 0 Å². The van der Waals surface area contributed by atoms with Crippen molar-refractivity contribution in [1.29, 1.82) is 0 Å². The monoisotopic (exact) mass is 234 g/mol. The zero-order chi connectivity index (χ0) is 12.6. The molecule has 0 aliphatic heterocycles. The van der Waals surface area contributed by atoms with Crippen molar-refractivity contribution < 1.29 is 4.52 Å². The van der Waals surface area contributed by atoms with E-state index in [1.54, 1.807) is 12.5 Å². The Morgan fingerprint density at radius 2 is 2.06 bits per heavy atom. The van der Waals surface area contributed by atoms with E-state index in [4.69, 9.17) is 10.3 Å². The fraction of sp³-hybridized carbons (Fsp3) is 0.500. The second-order valence-corrected chi connectivity index (χ2v) is 4.43. The lowest BCUT2D eigenvalue weighted by atomic mass is 10.1. The summed E-state index contributed by atoms with van der Waals surface area (Å²) >= 11 is 0. The molecule has 2 atom stereocenters. The summed E-state index contributed by atoms with van der Waals surface area (Å²) in [5.74, 6) is 0.847. The maximum absolute atomic E-state index is 5.93. The van der Waals surface area contributed by atoms with E-state index in [2.05, 4.69) is 21.6 Å². The van der Waals surface area contributed by atoms with Crippen LogP contribution < -0.4 is 5.73 Å². The maximum Gasteiger partial charge on any atom is 0.139 e. The Morgan fingerprint density at radius 1 is 1.35 bits per heavy atom. The first-order valence-electron chi connectivity index (χ1n) is 5.72. The molecular formula is C12H18N4O. The van der Waals surface area contributed by atoms with Crippen molar-refractivity contribution in [3.63, 3.8) is 0 Å². The lowest BCUT2D eigenvalue weighted by Gasteiger charge is -2.18. The van der Waals surface area contributed by atoms with Crippen LogP contribution in [0.5, 0.6) is 0 Å². The number of aromatic nitrogens is 3. The van der Waals surface area contributed by atoms with Crippen molar-refractivity contribution in [2.45, 2.75) is 39.8 Å². The van der Waals surface area contributed by atoms with Crippen LogP contribution in [-0.4, -0.2) is 14.7 Å². The van der Waals surface area contributed by atoms with Crippen molar-refractivity contribution >= 4 is 0 Å². The quantitative estimate of drug-likeness (QED) is 0.883. The van der Waals surface area contributed by atoms with Crippen LogP contribution >= 0.6 is 0 Å². The first-order valence-corrected chi connectivity index (χ1v) is 5.72. The van der Waals surface area contributed by atoms with Crippen molar-refractivity contribution in [3.05, 3.63) is 35.2 Å². The zero-order valence-electron chi connectivity index (χ0n) is 10.6. The van der Waals surface area contributed by atoms with Gasteiger partial charge in [0.1, 0.15) is 5.76 Å². The van der Waals surface area contributed by atoms with Crippen LogP contribution in [0.25, 0.3) is 0 Å². The molecule has 2 rings (SSSR count). The Bertz CT molecular complexity index is 493. The molecule has 0 saturated heterocycles. The van der Waals surface area contributed by atoms with Gasteiger partial charge in [-0.1, -0.05) is 5.16 Å². The number of nitrogens with two attached hydrogens (primary N) is 1. The number of hydrogen-bond donors (Lipinski definition) is 1. The molecular weight excluding hydrogens is 216 g/mol. The fourth-order valence-electron chi connectivity index (χ4n) is 2.22. The predicted octanol–water partition coefficient (Wildman–Crippen LogP) is 2.12. The van der Waals surface area contributed by atoms with E-state index in [1.165, 1.54) is 0 Å². The summed E-state index contributed by atoms with van der Waals surface area (Å²) in [6, 6.07) is 0.0881. The summed E-state index contributed by atoms with van der Waals surface area (Å²) in [4.78, 5) is 4.17. The second-order valence-electron chi connectivity index (χ2n) is 4.43. The summed E-state index contributed by atoms with van der Waals surface area (Å²) in [5.41, 5.74) is 8.96. The largest absolute Gasteiger partial charge is 0.361 e. The van der Waals surface area contributed by atoms with Gasteiger partial charge in [-0.2, -0.15) is 0 Å². The van der Waals surface area contributed by atoms with E-state index in [1.807, 2.05) is 20.8 Å². The van der Waals surface area contributed by atoms with E-state index in [0.717, 1.165) is 22.7 Å². The van der Waals surface area contributed by atoms with Gasteiger partial charge in [-0.25, -0.2) is 4.98 Å². The number of aryl methyl sites for hydroxylation is 2. The molecule has 0 saturated carbocycles. The molecule has 5 nitrogen and oxygen atoms in total. The third-order valence-electron chi connectivity index (χ3n) is 3.09. The smallest absolute Gasteiger partial charge is 0.139 e. The molecule has 0 aliphatic carbocycles. The minimum atomic E-state index is -0.0413. The highest BCUT2D eigenvalue weighted by Gasteiger charge is 2.20. The van der Waals surface area contributed by atoms with E-state index in [0.29, 0.717) is 0 Å². The normalized spacial score (nSPS) is 14.9. The third kappa shape index (κ3) is 1.98. The lowest BCUT2D eigenvalue weighted by Crippen LogP contribution is -2.16. The summed E-state index contributed by atoms with van der Waals surface area (Å²) in [5, 5.41) is 3.98. The molecule has 92 valence electrons. The molecule has 0 fully saturated rings. The zero-order valence-corrected chi connectivity index (χ0v) is 10.6. The minimum Gasteiger partial charge on any atom is -0.361 e. The van der Waals surface area contributed by atoms with Crippen molar-refractivity contribution in [2.24, 2.45) is 5.73 Å². The molecule has 2 aromatic heterocycles. The van der Waals surface area contributed by atoms with E-state index in [-0.39, 0.29) is 12.1 Å². The Kier molecular flexibility index (Phi) is 3.02. The topological polar surface area (TPSA) is 69.9 Å². The van der Waals surface area contributed by atoms with E-state index >= 15 is 0 Å². The van der Waals surface area contributed by atoms with Crippen LogP contribution in [0.15, 0.2) is 17.0 Å². The number of rotatable bonds is 3. The minimum absolute atomic E-state index is 0.0413. The van der Waals surface area contributed by atoms with Crippen molar-refractivity contribution in [2.75, 3.05) is 0 Å². The van der Waals surface area contributed by atoms with Crippen LogP contribution in [0.3, 0.4) is 0 Å². The van der Waals surface area contributed by atoms with Gasteiger partial charge in [0.25, 0.3) is 0 Å². The van der Waals surface area contributed by atoms with Gasteiger partial charge in [-0.3, -0.25) is 0 Å². The maximum atomic E-state index is 5.93. The van der Waals surface area contributed by atoms with Gasteiger partial charge in [-0.05, 0) is 27.7 Å². The van der Waals surface area contributed by atoms with Gasteiger partial charge in [0.05, 0.1) is 23.8 Å². The average molecular weight is 234 g/mol. The second kappa shape index (κ2) is 4.33. The fourth-order valence-corrected chi connectivity index (χ4v) is 2.22. The van der Waals surface area contributed by atoms with Gasteiger partial charge in [0.15, 0.2) is 0 Å². The first-order chi connectivity index (χ1) is 8.02. The summed E-state index contributed by atoms with van der Waals surface area (Å²) in [7, 11) is 0. The third-order valence-corrected chi connectivity index (χ3v) is 3.09. The van der Waals surface area contributed by atoms with Crippen LogP contribution in [-0.2, 0) is 0 Å². The molecule has 5 heteroatoms. The summed E-state index contributed by atoms with van der Waals surface area (Å²) in [6.07, 6.45) is 3.61. The molecule has 0 spiro atoms. The highest BCUT2D eigenvalue weighted by atomic mass is 16.5. The van der Waals surface area contributed by atoms with Gasteiger partial charge < -0.3 is 14.8 Å². The van der Waals surface area contributed by atoms with Crippen molar-refractivity contribution in [3.8, 4) is 0 Å². The molecule has 2 heterocycles. The van der Waals surface area contributed by atoms with E-state index in [9.17, 15) is 0 Å². The number of imidazole rings is 1. The molecule has 0 aromatic carbocycles. The van der Waals surface area contributed by atoms with Crippen molar-refractivity contribution in [1.82, 2.24) is 14.7 Å². The summed E-state index contributed by atoms with van der Waals surface area (Å²) in [6.45, 7) is 7.92. The molecule has 2 N–H and O–H groups in total. The standard InChI is InChI=1S/C12H18N4O/c1-7(13)11-5-14-6-16(11)9(3)12-8(2)15-17-10(12)4/h5-7,9H,13H2,1-4H3/t7-,9?/m1/s1. The molecule has 0 radical (unpaired) electrons. The SMILES string of the molecule is Cc1noc(C)c1C(C)n1cncc1[C@@H](C)N. The average Bonchev–Trinajstić information content (AvgIpc) is 2.85. The molecule has 2 aromatic rings. The van der Waals surface area contributed by atoms with Gasteiger partial charge in [0.2, 0.25) is 0 Å². The van der Waals surface area contributed by atoms with Gasteiger partial charge in [-0.15, -0.1) is 0 Å². The molecule has 17 heavy (non-hydrogen) atoms. The van der Waals surface area contributed by atoms with Crippen LogP contribution in [0, 0.1) is 13.8 Å². The number of hydrogen-bond acceptors (Lipinski definition) is 4. The Labute approximate surface area is 101 Å². The lowest BCUT2D eigenvalue weighted by molar-refractivity contribution is 0.390. The molecule has 0 bridgehead atoms. The first kappa shape index (κ1) is 11.9. The van der Waals surface area contributed by atoms with Gasteiger partial charge in [0, 0.05) is 17.8 Å².